The minimum Gasteiger partial charge on any atom is -0.284 e. The Morgan fingerprint density at radius 1 is 1.12 bits per heavy atom. The molecule has 0 aromatic heterocycles. The highest BCUT2D eigenvalue weighted by molar-refractivity contribution is 7.83. The Hall–Kier alpha value is -0.410. The maximum Gasteiger partial charge on any atom is 0.181 e. The number of rotatable bonds is 8. The van der Waals surface area contributed by atoms with Gasteiger partial charge in [-0.3, -0.25) is 4.18 Å². The van der Waals surface area contributed by atoms with Crippen LogP contribution >= 0.6 is 0 Å². The van der Waals surface area contributed by atoms with Gasteiger partial charge in [0.05, 0.1) is 6.10 Å². The van der Waals surface area contributed by atoms with Crippen LogP contribution < -0.4 is 0 Å². The molecule has 4 aliphatic carbocycles. The third kappa shape index (κ3) is 4.47. The molecule has 0 aliphatic heterocycles. The summed E-state index contributed by atoms with van der Waals surface area (Å²) in [7, 11) is 0. The Morgan fingerprint density at radius 3 is 2.62 bits per heavy atom. The maximum absolute atomic E-state index is 11.8. The minimum atomic E-state index is -1.34. The predicted octanol–water partition coefficient (Wildman–Crippen LogP) is 8.22. The van der Waals surface area contributed by atoms with E-state index in [4.69, 9.17) is 4.18 Å². The molecule has 32 heavy (non-hydrogen) atoms. The average molecular weight is 461 g/mol. The van der Waals surface area contributed by atoms with E-state index in [1.807, 2.05) is 0 Å². The van der Waals surface area contributed by atoms with Crippen LogP contribution in [-0.4, -0.2) is 10.3 Å². The van der Waals surface area contributed by atoms with Crippen molar-refractivity contribution in [2.24, 2.45) is 46.3 Å². The Bertz CT molecular complexity index is 741. The lowest BCUT2D eigenvalue weighted by molar-refractivity contribution is -0.0554. The van der Waals surface area contributed by atoms with Crippen LogP contribution in [0.25, 0.3) is 0 Å². The fourth-order valence-electron chi connectivity index (χ4n) is 8.91. The van der Waals surface area contributed by atoms with Crippen molar-refractivity contribution in [3.05, 3.63) is 23.6 Å². The molecule has 0 aromatic rings. The molecule has 0 heterocycles. The van der Waals surface area contributed by atoms with E-state index in [0.717, 1.165) is 48.3 Å². The van der Waals surface area contributed by atoms with Crippen LogP contribution in [0.15, 0.2) is 23.6 Å². The lowest BCUT2D eigenvalue weighted by atomic mass is 9.47. The van der Waals surface area contributed by atoms with Gasteiger partial charge in [-0.05, 0) is 97.7 Å². The predicted molar refractivity (Wildman–Crippen MR) is 136 cm³/mol. The average Bonchev–Trinajstić information content (AvgIpc) is 3.11. The smallest absolute Gasteiger partial charge is 0.181 e. The van der Waals surface area contributed by atoms with Gasteiger partial charge in [0, 0.05) is 5.41 Å². The SMILES string of the molecule is C=CS(=O)O[C@H]1CC[C@@]2(C)C(=CC[C@H]3[C@@H]4CC[C@H]([C@H](C)CCCC(C)C)[C@@]4(C)CC[C@@H]32)C1. The van der Waals surface area contributed by atoms with Crippen LogP contribution in [0.3, 0.4) is 0 Å². The number of hydrogen-bond donors (Lipinski definition) is 0. The molecule has 3 fully saturated rings. The first-order valence-corrected chi connectivity index (χ1v) is 14.7. The lowest BCUT2D eigenvalue weighted by Gasteiger charge is -2.58. The molecule has 1 unspecified atom stereocenters. The van der Waals surface area contributed by atoms with Gasteiger partial charge < -0.3 is 0 Å². The first kappa shape index (κ1) is 24.7. The molecule has 3 heteroatoms. The summed E-state index contributed by atoms with van der Waals surface area (Å²) in [4.78, 5) is 0. The van der Waals surface area contributed by atoms with Crippen molar-refractivity contribution in [3.8, 4) is 0 Å². The fraction of sp³-hybridized carbons (Fsp3) is 0.862. The molecule has 2 nitrogen and oxygen atoms in total. The Kier molecular flexibility index (Phi) is 7.48. The minimum absolute atomic E-state index is 0.0983. The summed E-state index contributed by atoms with van der Waals surface area (Å²) in [5.41, 5.74) is 2.50. The van der Waals surface area contributed by atoms with Crippen molar-refractivity contribution in [2.45, 2.75) is 111 Å². The van der Waals surface area contributed by atoms with Gasteiger partial charge in [0.2, 0.25) is 0 Å². The van der Waals surface area contributed by atoms with Crippen molar-refractivity contribution in [1.82, 2.24) is 0 Å². The van der Waals surface area contributed by atoms with Crippen LogP contribution in [0.5, 0.6) is 0 Å². The molecule has 9 atom stereocenters. The van der Waals surface area contributed by atoms with E-state index in [2.05, 4.69) is 47.3 Å². The molecule has 0 radical (unpaired) electrons. The molecule has 0 aromatic carbocycles. The maximum atomic E-state index is 11.8. The zero-order valence-electron chi connectivity index (χ0n) is 21.4. The van der Waals surface area contributed by atoms with Crippen LogP contribution in [0, 0.1) is 46.3 Å². The van der Waals surface area contributed by atoms with Gasteiger partial charge >= 0.3 is 0 Å². The fourth-order valence-corrected chi connectivity index (χ4v) is 9.42. The molecule has 0 spiro atoms. The monoisotopic (exact) mass is 460 g/mol. The van der Waals surface area contributed by atoms with Crippen LogP contribution in [0.2, 0.25) is 0 Å². The molecule has 0 saturated heterocycles. The molecular weight excluding hydrogens is 412 g/mol. The summed E-state index contributed by atoms with van der Waals surface area (Å²) in [5, 5.41) is 1.42. The van der Waals surface area contributed by atoms with Gasteiger partial charge in [0.1, 0.15) is 0 Å². The van der Waals surface area contributed by atoms with Crippen molar-refractivity contribution in [2.75, 3.05) is 0 Å². The third-order valence-corrected chi connectivity index (χ3v) is 11.4. The van der Waals surface area contributed by atoms with Gasteiger partial charge in [0.25, 0.3) is 0 Å². The zero-order valence-corrected chi connectivity index (χ0v) is 22.2. The summed E-state index contributed by atoms with van der Waals surface area (Å²) in [6.07, 6.45) is 17.1. The second-order valence-electron chi connectivity index (χ2n) is 12.7. The van der Waals surface area contributed by atoms with Gasteiger partial charge in [0.15, 0.2) is 11.1 Å². The van der Waals surface area contributed by atoms with Crippen LogP contribution in [0.4, 0.5) is 0 Å². The molecule has 4 rings (SSSR count). The van der Waals surface area contributed by atoms with Crippen LogP contribution in [0.1, 0.15) is 105 Å². The number of allylic oxidation sites excluding steroid dienone is 1. The largest absolute Gasteiger partial charge is 0.284 e. The summed E-state index contributed by atoms with van der Waals surface area (Å²) in [6, 6.07) is 0. The first-order valence-electron chi connectivity index (χ1n) is 13.6. The Labute approximate surface area is 200 Å². The van der Waals surface area contributed by atoms with Crippen LogP contribution in [-0.2, 0) is 15.3 Å². The van der Waals surface area contributed by atoms with Gasteiger partial charge in [-0.15, -0.1) is 0 Å². The van der Waals surface area contributed by atoms with E-state index in [0.29, 0.717) is 10.8 Å². The molecule has 4 aliphatic rings. The first-order chi connectivity index (χ1) is 15.2. The van der Waals surface area contributed by atoms with Gasteiger partial charge in [-0.2, -0.15) is 0 Å². The van der Waals surface area contributed by atoms with Crippen molar-refractivity contribution >= 4 is 11.1 Å². The quantitative estimate of drug-likeness (QED) is 0.341. The highest BCUT2D eigenvalue weighted by Crippen LogP contribution is 2.67. The van der Waals surface area contributed by atoms with Gasteiger partial charge in [-0.25, -0.2) is 4.21 Å². The highest BCUT2D eigenvalue weighted by Gasteiger charge is 2.59. The summed E-state index contributed by atoms with van der Waals surface area (Å²) in [6.45, 7) is 16.1. The number of hydrogen-bond acceptors (Lipinski definition) is 2. The Balaban J connectivity index is 1.46. The standard InChI is InChI=1S/C29H48O2S/c1-7-32(30)31-23-15-17-28(5)22(19-23)11-12-24-26-14-13-25(21(4)10-8-9-20(2)3)29(26,6)18-16-27(24)28/h7,11,20-21,23-27H,1,8-10,12-19H2,2-6H3/t21-,23+,24+,25-,26+,27+,28+,29-,32?/m1/s1. The second-order valence-corrected chi connectivity index (χ2v) is 13.7. The normalized spacial score (nSPS) is 43.1. The lowest BCUT2D eigenvalue weighted by Crippen LogP contribution is -2.51. The molecule has 0 amide bonds. The molecule has 182 valence electrons. The molecule has 0 N–H and O–H groups in total. The van der Waals surface area contributed by atoms with Gasteiger partial charge in [-0.1, -0.05) is 72.1 Å². The summed E-state index contributed by atoms with van der Waals surface area (Å²) in [5.74, 6) is 5.26. The van der Waals surface area contributed by atoms with E-state index in [1.54, 1.807) is 5.57 Å². The topological polar surface area (TPSA) is 26.3 Å². The second kappa shape index (κ2) is 9.68. The molecular formula is C29H48O2S. The van der Waals surface area contributed by atoms with Crippen molar-refractivity contribution in [3.63, 3.8) is 0 Å². The van der Waals surface area contributed by atoms with E-state index in [1.165, 1.54) is 63.2 Å². The van der Waals surface area contributed by atoms with E-state index in [9.17, 15) is 4.21 Å². The molecule has 0 bridgehead atoms. The highest BCUT2D eigenvalue weighted by atomic mass is 32.2. The van der Waals surface area contributed by atoms with Crippen molar-refractivity contribution in [1.29, 1.82) is 0 Å². The third-order valence-electron chi connectivity index (χ3n) is 10.6. The van der Waals surface area contributed by atoms with E-state index >= 15 is 0 Å². The number of fused-ring (bicyclic) bond motifs is 5. The summed E-state index contributed by atoms with van der Waals surface area (Å²) >= 11 is -1.34. The zero-order chi connectivity index (χ0) is 23.1. The summed E-state index contributed by atoms with van der Waals surface area (Å²) < 4.78 is 17.6. The van der Waals surface area contributed by atoms with E-state index in [-0.39, 0.29) is 6.10 Å². The Morgan fingerprint density at radius 2 is 1.91 bits per heavy atom. The van der Waals surface area contributed by atoms with E-state index < -0.39 is 11.1 Å². The van der Waals surface area contributed by atoms with Crippen molar-refractivity contribution < 1.29 is 8.39 Å². The molecule has 3 saturated carbocycles.